The van der Waals surface area contributed by atoms with E-state index in [-0.39, 0.29) is 10.8 Å². The summed E-state index contributed by atoms with van der Waals surface area (Å²) in [4.78, 5) is 20.3. The molecule has 1 saturated heterocycles. The summed E-state index contributed by atoms with van der Waals surface area (Å²) in [5.41, 5.74) is 7.81. The van der Waals surface area contributed by atoms with Crippen LogP contribution in [0.1, 0.15) is 72.6 Å². The average Bonchev–Trinajstić information content (AvgIpc) is 2.87. The number of amidine groups is 1. The molecule has 2 unspecified atom stereocenters. The van der Waals surface area contributed by atoms with Crippen LogP contribution in [0.2, 0.25) is 0 Å². The molecule has 2 aliphatic heterocycles. The molecule has 0 bridgehead atoms. The van der Waals surface area contributed by atoms with Gasteiger partial charge in [-0.3, -0.25) is 9.69 Å². The van der Waals surface area contributed by atoms with Gasteiger partial charge in [-0.05, 0) is 74.8 Å². The number of primary amides is 1. The lowest BCUT2D eigenvalue weighted by Crippen LogP contribution is -2.50. The first kappa shape index (κ1) is 29.9. The molecule has 210 valence electrons. The first-order valence-electron chi connectivity index (χ1n) is 14.0. The first-order chi connectivity index (χ1) is 18.1. The van der Waals surface area contributed by atoms with Gasteiger partial charge in [0.05, 0.1) is 10.5 Å². The van der Waals surface area contributed by atoms with Crippen molar-refractivity contribution < 1.29 is 13.2 Å². The monoisotopic (exact) mass is 543 g/mol. The van der Waals surface area contributed by atoms with Crippen LogP contribution in [0.3, 0.4) is 0 Å². The number of rotatable bonds is 10. The number of carbonyl (C=O) groups excluding carboxylic acids is 1. The standard InChI is InChI=1S/C29H45N5O3S/c1-6-22(7-2)34-17-10-9-13-23(34)19-31-28-25(8-3)20(4)15-16-26(27(30)35)29(33-28)32-21-12-11-14-24(18-21)38(5,36)37/h11-12,14,16,18,20,22-23,31H,6-10,13,15,17,19H2,1-5H3,(H2,30,35)(H,32,33)/b26-16+,28-25-. The molecule has 0 aromatic heterocycles. The lowest BCUT2D eigenvalue weighted by atomic mass is 9.92. The predicted octanol–water partition coefficient (Wildman–Crippen LogP) is 4.61. The van der Waals surface area contributed by atoms with E-state index in [4.69, 9.17) is 10.7 Å². The van der Waals surface area contributed by atoms with Crippen LogP contribution in [-0.2, 0) is 14.6 Å². The summed E-state index contributed by atoms with van der Waals surface area (Å²) in [5.74, 6) is 0.707. The van der Waals surface area contributed by atoms with Crippen LogP contribution in [0.5, 0.6) is 0 Å². The van der Waals surface area contributed by atoms with Crippen molar-refractivity contribution >= 4 is 27.3 Å². The van der Waals surface area contributed by atoms with Gasteiger partial charge >= 0.3 is 0 Å². The zero-order valence-corrected chi connectivity index (χ0v) is 24.4. The molecule has 2 heterocycles. The van der Waals surface area contributed by atoms with Crippen LogP contribution in [0, 0.1) is 5.92 Å². The van der Waals surface area contributed by atoms with Gasteiger partial charge in [-0.25, -0.2) is 13.4 Å². The van der Waals surface area contributed by atoms with E-state index < -0.39 is 15.7 Å². The van der Waals surface area contributed by atoms with Gasteiger partial charge in [-0.1, -0.05) is 46.3 Å². The molecule has 8 nitrogen and oxygen atoms in total. The molecule has 2 atom stereocenters. The topological polar surface area (TPSA) is 117 Å². The number of benzene rings is 1. The van der Waals surface area contributed by atoms with Crippen molar-refractivity contribution in [3.05, 3.63) is 47.3 Å². The number of carbonyl (C=O) groups is 1. The van der Waals surface area contributed by atoms with E-state index in [2.05, 4.69) is 43.2 Å². The Morgan fingerprint density at radius 1 is 1.21 bits per heavy atom. The third kappa shape index (κ3) is 7.47. The molecular formula is C29H45N5O3S. The highest BCUT2D eigenvalue weighted by Crippen LogP contribution is 2.28. The second kappa shape index (κ2) is 13.4. The van der Waals surface area contributed by atoms with E-state index in [0.29, 0.717) is 35.6 Å². The van der Waals surface area contributed by atoms with Gasteiger partial charge in [0.15, 0.2) is 9.84 Å². The summed E-state index contributed by atoms with van der Waals surface area (Å²) in [5, 5.41) is 6.87. The second-order valence-corrected chi connectivity index (χ2v) is 12.5. The second-order valence-electron chi connectivity index (χ2n) is 10.5. The molecule has 1 fully saturated rings. The Kier molecular flexibility index (Phi) is 10.6. The number of nitrogens with zero attached hydrogens (tertiary/aromatic N) is 2. The number of nitrogens with one attached hydrogen (secondary N) is 2. The Labute approximate surface area is 228 Å². The Balaban J connectivity index is 1.99. The van der Waals surface area contributed by atoms with Crippen molar-refractivity contribution in [1.29, 1.82) is 0 Å². The summed E-state index contributed by atoms with van der Waals surface area (Å²) >= 11 is 0. The maximum Gasteiger partial charge on any atom is 0.252 e. The van der Waals surface area contributed by atoms with Crippen molar-refractivity contribution in [3.8, 4) is 0 Å². The van der Waals surface area contributed by atoms with E-state index in [1.807, 2.05) is 6.08 Å². The Bertz CT molecular complexity index is 1180. The number of amides is 1. The van der Waals surface area contributed by atoms with Crippen molar-refractivity contribution in [1.82, 2.24) is 10.2 Å². The molecule has 2 aliphatic rings. The fourth-order valence-corrected chi connectivity index (χ4v) is 6.30. The number of hydrogen-bond acceptors (Lipinski definition) is 7. The minimum Gasteiger partial charge on any atom is -0.368 e. The molecule has 4 N–H and O–H groups in total. The van der Waals surface area contributed by atoms with Gasteiger partial charge in [0.1, 0.15) is 11.7 Å². The van der Waals surface area contributed by atoms with Crippen molar-refractivity contribution in [2.75, 3.05) is 24.7 Å². The summed E-state index contributed by atoms with van der Waals surface area (Å²) in [6.07, 6.45) is 10.4. The molecule has 1 aromatic rings. The number of nitrogens with two attached hydrogens (primary N) is 1. The lowest BCUT2D eigenvalue weighted by Gasteiger charge is -2.41. The highest BCUT2D eigenvalue weighted by molar-refractivity contribution is 7.90. The first-order valence-corrected chi connectivity index (χ1v) is 15.9. The van der Waals surface area contributed by atoms with E-state index in [1.165, 1.54) is 24.7 Å². The van der Waals surface area contributed by atoms with Gasteiger partial charge in [0.25, 0.3) is 5.91 Å². The molecule has 38 heavy (non-hydrogen) atoms. The van der Waals surface area contributed by atoms with Crippen molar-refractivity contribution in [2.45, 2.75) is 89.6 Å². The Hall–Kier alpha value is -2.65. The van der Waals surface area contributed by atoms with Gasteiger partial charge in [-0.15, -0.1) is 0 Å². The minimum atomic E-state index is -3.39. The molecular weight excluding hydrogens is 498 g/mol. The van der Waals surface area contributed by atoms with E-state index in [9.17, 15) is 13.2 Å². The largest absolute Gasteiger partial charge is 0.368 e. The zero-order chi connectivity index (χ0) is 27.9. The smallest absolute Gasteiger partial charge is 0.252 e. The molecule has 0 radical (unpaired) electrons. The number of piperidine rings is 1. The Morgan fingerprint density at radius 2 is 1.95 bits per heavy atom. The molecule has 0 aliphatic carbocycles. The van der Waals surface area contributed by atoms with Gasteiger partial charge < -0.3 is 16.4 Å². The molecule has 1 amide bonds. The maximum absolute atomic E-state index is 12.5. The van der Waals surface area contributed by atoms with Crippen LogP contribution in [0.15, 0.2) is 57.2 Å². The van der Waals surface area contributed by atoms with E-state index >= 15 is 0 Å². The molecule has 1 aromatic carbocycles. The molecule has 0 saturated carbocycles. The number of allylic oxidation sites excluding steroid dienone is 2. The quantitative estimate of drug-likeness (QED) is 0.397. The third-order valence-corrected chi connectivity index (χ3v) is 8.92. The highest BCUT2D eigenvalue weighted by Gasteiger charge is 2.28. The molecule has 9 heteroatoms. The number of anilines is 1. The summed E-state index contributed by atoms with van der Waals surface area (Å²) in [6, 6.07) is 7.51. The highest BCUT2D eigenvalue weighted by atomic mass is 32.2. The minimum absolute atomic E-state index is 0.189. The van der Waals surface area contributed by atoms with Crippen molar-refractivity contribution in [3.63, 3.8) is 0 Å². The average molecular weight is 544 g/mol. The van der Waals surface area contributed by atoms with Gasteiger partial charge in [0.2, 0.25) is 0 Å². The normalized spacial score (nSPS) is 26.1. The van der Waals surface area contributed by atoms with Crippen LogP contribution < -0.4 is 16.4 Å². The number of aliphatic imine (C=N–C) groups is 1. The third-order valence-electron chi connectivity index (χ3n) is 7.81. The van der Waals surface area contributed by atoms with Crippen LogP contribution >= 0.6 is 0 Å². The summed E-state index contributed by atoms with van der Waals surface area (Å²) < 4.78 is 24.2. The zero-order valence-electron chi connectivity index (χ0n) is 23.6. The molecule has 3 rings (SSSR count). The fourth-order valence-electron chi connectivity index (χ4n) is 5.63. The number of likely N-dealkylation sites (tertiary alicyclic amines) is 1. The lowest BCUT2D eigenvalue weighted by molar-refractivity contribution is -0.114. The Morgan fingerprint density at radius 3 is 2.58 bits per heavy atom. The summed E-state index contributed by atoms with van der Waals surface area (Å²) in [7, 11) is -3.39. The van der Waals surface area contributed by atoms with E-state index in [1.54, 1.807) is 24.3 Å². The summed E-state index contributed by atoms with van der Waals surface area (Å²) in [6.45, 7) is 10.7. The maximum atomic E-state index is 12.5. The van der Waals surface area contributed by atoms with Crippen LogP contribution in [0.4, 0.5) is 5.69 Å². The van der Waals surface area contributed by atoms with Crippen LogP contribution in [-0.4, -0.2) is 56.5 Å². The predicted molar refractivity (Wildman–Crippen MR) is 156 cm³/mol. The number of hydrogen-bond donors (Lipinski definition) is 3. The van der Waals surface area contributed by atoms with Gasteiger partial charge in [0, 0.05) is 30.6 Å². The SMILES string of the molecule is CC/C1=C(NCC2CCCCN2C(CC)CC)/N=C(Nc2cccc(S(C)(=O)=O)c2)\C(C(N)=O)=C\CC1C. The molecule has 0 spiro atoms. The van der Waals surface area contributed by atoms with E-state index in [0.717, 1.165) is 44.6 Å². The van der Waals surface area contributed by atoms with Crippen LogP contribution in [0.25, 0.3) is 0 Å². The fraction of sp³-hybridized carbons (Fsp3) is 0.586. The van der Waals surface area contributed by atoms with Gasteiger partial charge in [-0.2, -0.15) is 0 Å². The number of sulfone groups is 1. The van der Waals surface area contributed by atoms with Crippen molar-refractivity contribution in [2.24, 2.45) is 16.6 Å².